The van der Waals surface area contributed by atoms with E-state index < -0.39 is 40.0 Å². The van der Waals surface area contributed by atoms with Crippen LogP contribution in [-0.2, 0) is 19.3 Å². The average molecular weight is 423 g/mol. The smallest absolute Gasteiger partial charge is 0.399 e. The van der Waals surface area contributed by atoms with Crippen molar-refractivity contribution in [1.29, 1.82) is 0 Å². The largest absolute Gasteiger partial charge is 0.494 e. The Morgan fingerprint density at radius 2 is 1.62 bits per heavy atom. The third kappa shape index (κ3) is 4.47. The quantitative estimate of drug-likeness (QED) is 0.746. The molecule has 1 aliphatic heterocycles. The van der Waals surface area contributed by atoms with Crippen LogP contribution in [0.15, 0.2) is 36.4 Å². The summed E-state index contributed by atoms with van der Waals surface area (Å²) < 4.78 is 66.4. The third-order valence-corrected chi connectivity index (χ3v) is 6.68. The van der Waals surface area contributed by atoms with Gasteiger partial charge in [0.1, 0.15) is 11.6 Å². The fourth-order valence-corrected chi connectivity index (χ4v) is 3.58. The van der Waals surface area contributed by atoms with Crippen molar-refractivity contribution in [2.24, 2.45) is 0 Å². The fraction of sp³-hybridized carbons (Fsp3) is 0.400. The van der Waals surface area contributed by atoms with Crippen LogP contribution in [-0.4, -0.2) is 32.5 Å². The summed E-state index contributed by atoms with van der Waals surface area (Å²) >= 11 is 0. The molecule has 29 heavy (non-hydrogen) atoms. The second-order valence-corrected chi connectivity index (χ2v) is 10.1. The van der Waals surface area contributed by atoms with Gasteiger partial charge in [-0.15, -0.1) is 0 Å². The topological polar surface area (TPSA) is 64.6 Å². The van der Waals surface area contributed by atoms with Gasteiger partial charge >= 0.3 is 7.12 Å². The van der Waals surface area contributed by atoms with Crippen LogP contribution >= 0.6 is 0 Å². The highest BCUT2D eigenvalue weighted by Gasteiger charge is 2.51. The molecule has 1 N–H and O–H groups in total. The molecule has 1 fully saturated rings. The maximum atomic E-state index is 14.4. The molecule has 1 saturated heterocycles. The predicted octanol–water partition coefficient (Wildman–Crippen LogP) is 3.69. The van der Waals surface area contributed by atoms with Crippen LogP contribution in [0, 0.1) is 11.6 Å². The molecule has 0 bridgehead atoms. The zero-order valence-electron chi connectivity index (χ0n) is 17.0. The van der Waals surface area contributed by atoms with Crippen LogP contribution in [0.3, 0.4) is 0 Å². The average Bonchev–Trinajstić information content (AvgIpc) is 2.82. The first kappa shape index (κ1) is 21.7. The second-order valence-electron chi connectivity index (χ2n) is 8.06. The predicted molar refractivity (Wildman–Crippen MR) is 111 cm³/mol. The number of anilines is 1. The minimum absolute atomic E-state index is 0.117. The monoisotopic (exact) mass is 423 g/mol. The lowest BCUT2D eigenvalue weighted by atomic mass is 9.77. The van der Waals surface area contributed by atoms with Gasteiger partial charge in [-0.2, -0.15) is 0 Å². The Hall–Kier alpha value is -1.97. The summed E-state index contributed by atoms with van der Waals surface area (Å²) in [6, 6.07) is 8.00. The minimum atomic E-state index is -3.56. The highest BCUT2D eigenvalue weighted by molar-refractivity contribution is 7.92. The first-order valence-electron chi connectivity index (χ1n) is 9.30. The molecule has 0 amide bonds. The Bertz CT molecular complexity index is 1020. The Labute approximate surface area is 170 Å². The first-order chi connectivity index (χ1) is 13.3. The first-order valence-corrected chi connectivity index (χ1v) is 11.0. The van der Waals surface area contributed by atoms with Crippen molar-refractivity contribution in [3.63, 3.8) is 0 Å². The number of rotatable bonds is 5. The van der Waals surface area contributed by atoms with E-state index in [1.54, 1.807) is 12.1 Å². The Kier molecular flexibility index (Phi) is 5.53. The molecule has 3 rings (SSSR count). The Morgan fingerprint density at radius 3 is 2.17 bits per heavy atom. The van der Waals surface area contributed by atoms with Gasteiger partial charge in [-0.25, -0.2) is 17.2 Å². The maximum Gasteiger partial charge on any atom is 0.494 e. The Morgan fingerprint density at radius 1 is 1.00 bits per heavy atom. The molecule has 0 radical (unpaired) electrons. The van der Waals surface area contributed by atoms with Crippen LogP contribution in [0.1, 0.15) is 34.6 Å². The third-order valence-electron chi connectivity index (χ3n) is 5.38. The summed E-state index contributed by atoms with van der Waals surface area (Å²) in [7, 11) is -4.33. The molecule has 0 unspecified atom stereocenters. The van der Waals surface area contributed by atoms with Gasteiger partial charge in [0.15, 0.2) is 0 Å². The van der Waals surface area contributed by atoms with E-state index in [1.165, 1.54) is 19.1 Å². The SMILES string of the molecule is CCS(=O)(=O)Nc1cc(B2OC(C)(C)C(C)(C)O2)cc(-c2ccc(F)cc2F)c1. The van der Waals surface area contributed by atoms with Crippen LogP contribution in [0.25, 0.3) is 11.1 Å². The van der Waals surface area contributed by atoms with Crippen molar-refractivity contribution in [3.05, 3.63) is 48.0 Å². The van der Waals surface area contributed by atoms with Gasteiger partial charge in [0.05, 0.1) is 17.0 Å². The van der Waals surface area contributed by atoms with Crippen molar-refractivity contribution in [1.82, 2.24) is 0 Å². The maximum absolute atomic E-state index is 14.4. The molecule has 1 heterocycles. The summed E-state index contributed by atoms with van der Waals surface area (Å²) in [4.78, 5) is 0. The summed E-state index contributed by atoms with van der Waals surface area (Å²) in [5.41, 5.74) is 0.0946. The molecule has 5 nitrogen and oxygen atoms in total. The number of benzene rings is 2. The number of hydrogen-bond donors (Lipinski definition) is 1. The zero-order valence-corrected chi connectivity index (χ0v) is 17.9. The molecule has 2 aromatic rings. The van der Waals surface area contributed by atoms with E-state index in [0.29, 0.717) is 11.0 Å². The van der Waals surface area contributed by atoms with Crippen molar-refractivity contribution in [2.45, 2.75) is 45.8 Å². The zero-order chi connectivity index (χ0) is 21.6. The standard InChI is InChI=1S/C20H24BF2NO4S/c1-6-29(25,26)24-16-10-13(17-8-7-15(22)12-18(17)23)9-14(11-16)21-27-19(2,3)20(4,5)28-21/h7-12,24H,6H2,1-5H3. The van der Waals surface area contributed by atoms with E-state index in [-0.39, 0.29) is 17.0 Å². The summed E-state index contributed by atoms with van der Waals surface area (Å²) in [6.45, 7) is 9.11. The summed E-state index contributed by atoms with van der Waals surface area (Å²) in [6.07, 6.45) is 0. The van der Waals surface area contributed by atoms with Crippen LogP contribution in [0.4, 0.5) is 14.5 Å². The molecule has 9 heteroatoms. The van der Waals surface area contributed by atoms with E-state index in [0.717, 1.165) is 12.1 Å². The minimum Gasteiger partial charge on any atom is -0.399 e. The van der Waals surface area contributed by atoms with E-state index in [9.17, 15) is 17.2 Å². The van der Waals surface area contributed by atoms with Crippen LogP contribution in [0.5, 0.6) is 0 Å². The van der Waals surface area contributed by atoms with Crippen LogP contribution < -0.4 is 10.2 Å². The molecule has 0 atom stereocenters. The number of sulfonamides is 1. The molecule has 0 saturated carbocycles. The van der Waals surface area contributed by atoms with Crippen molar-refractivity contribution >= 4 is 28.3 Å². The Balaban J connectivity index is 2.11. The lowest BCUT2D eigenvalue weighted by Crippen LogP contribution is -2.41. The molecule has 0 aliphatic carbocycles. The van der Waals surface area contributed by atoms with Crippen molar-refractivity contribution < 1.29 is 26.5 Å². The van der Waals surface area contributed by atoms with E-state index >= 15 is 0 Å². The fourth-order valence-electron chi connectivity index (χ4n) is 2.96. The van der Waals surface area contributed by atoms with Crippen molar-refractivity contribution in [2.75, 3.05) is 10.5 Å². The molecule has 0 aromatic heterocycles. The summed E-state index contributed by atoms with van der Waals surface area (Å²) in [5.74, 6) is -1.56. The van der Waals surface area contributed by atoms with Gasteiger partial charge in [-0.1, -0.05) is 6.07 Å². The molecule has 0 spiro atoms. The van der Waals surface area contributed by atoms with Crippen LogP contribution in [0.2, 0.25) is 0 Å². The normalized spacial score (nSPS) is 18.1. The lowest BCUT2D eigenvalue weighted by Gasteiger charge is -2.32. The van der Waals surface area contributed by atoms with Gasteiger partial charge in [-0.05, 0) is 69.9 Å². The highest BCUT2D eigenvalue weighted by atomic mass is 32.2. The molecule has 156 valence electrons. The number of hydrogen-bond acceptors (Lipinski definition) is 4. The van der Waals surface area contributed by atoms with Gasteiger partial charge in [0.25, 0.3) is 0 Å². The number of nitrogens with one attached hydrogen (secondary N) is 1. The molecular formula is C20H24BF2NO4S. The lowest BCUT2D eigenvalue weighted by molar-refractivity contribution is 0.00578. The second kappa shape index (κ2) is 7.38. The summed E-state index contributed by atoms with van der Waals surface area (Å²) in [5, 5.41) is 0. The highest BCUT2D eigenvalue weighted by Crippen LogP contribution is 2.37. The molecular weight excluding hydrogens is 399 g/mol. The van der Waals surface area contributed by atoms with E-state index in [2.05, 4.69) is 4.72 Å². The van der Waals surface area contributed by atoms with Gasteiger partial charge in [0, 0.05) is 17.3 Å². The van der Waals surface area contributed by atoms with Gasteiger partial charge in [-0.3, -0.25) is 4.72 Å². The van der Waals surface area contributed by atoms with E-state index in [1.807, 2.05) is 27.7 Å². The number of halogens is 2. The van der Waals surface area contributed by atoms with E-state index in [4.69, 9.17) is 9.31 Å². The molecule has 2 aromatic carbocycles. The van der Waals surface area contributed by atoms with Gasteiger partial charge in [0.2, 0.25) is 10.0 Å². The molecule has 1 aliphatic rings. The van der Waals surface area contributed by atoms with Crippen molar-refractivity contribution in [3.8, 4) is 11.1 Å². The van der Waals surface area contributed by atoms with Gasteiger partial charge < -0.3 is 9.31 Å².